The van der Waals surface area contributed by atoms with E-state index in [1.807, 2.05) is 0 Å². The number of hydrogen-bond donors (Lipinski definition) is 0. The van der Waals surface area contributed by atoms with Crippen LogP contribution in [-0.4, -0.2) is 92.5 Å². The number of ether oxygens (including phenoxy) is 9. The summed E-state index contributed by atoms with van der Waals surface area (Å²) in [4.78, 5) is 0. The number of rotatable bonds is 38. The largest absolute Gasteiger partial charge is 0.494 e. The fourth-order valence-corrected chi connectivity index (χ4v) is 15.9. The summed E-state index contributed by atoms with van der Waals surface area (Å²) >= 11 is 0. The highest BCUT2D eigenvalue weighted by Gasteiger charge is 2.25. The molecular weight excluding hydrogens is 1220 g/mol. The second-order valence-corrected chi connectivity index (χ2v) is 29.6. The minimum atomic E-state index is 0.412. The lowest BCUT2D eigenvalue weighted by molar-refractivity contribution is -0.0141. The molecular formula is C90H132O9. The van der Waals surface area contributed by atoms with Crippen molar-refractivity contribution in [2.45, 2.75) is 270 Å². The molecule has 3 aliphatic rings. The van der Waals surface area contributed by atoms with Crippen molar-refractivity contribution >= 4 is 21.5 Å². The van der Waals surface area contributed by atoms with Crippen LogP contribution in [0.4, 0.5) is 0 Å². The Morgan fingerprint density at radius 1 is 0.303 bits per heavy atom. The van der Waals surface area contributed by atoms with Crippen molar-refractivity contribution in [3.05, 3.63) is 131 Å². The number of hydrogen-bond acceptors (Lipinski definition) is 9. The fourth-order valence-electron chi connectivity index (χ4n) is 15.9. The monoisotopic (exact) mass is 1360 g/mol. The molecule has 1 aliphatic heterocycles. The summed E-state index contributed by atoms with van der Waals surface area (Å²) in [6.07, 6.45) is 50.0. The molecule has 0 spiro atoms. The van der Waals surface area contributed by atoms with Crippen LogP contribution in [-0.2, 0) is 36.5 Å². The Morgan fingerprint density at radius 3 is 0.970 bits per heavy atom. The van der Waals surface area contributed by atoms with E-state index in [0.717, 1.165) is 107 Å². The van der Waals surface area contributed by atoms with E-state index in [0.29, 0.717) is 79.3 Å². The molecule has 2 fully saturated rings. The van der Waals surface area contributed by atoms with Gasteiger partial charge in [-0.3, -0.25) is 0 Å². The van der Waals surface area contributed by atoms with Crippen LogP contribution in [0.5, 0.6) is 23.0 Å². The first kappa shape index (κ1) is 78.0. The van der Waals surface area contributed by atoms with Gasteiger partial charge in [0.05, 0.1) is 79.3 Å². The van der Waals surface area contributed by atoms with Crippen LogP contribution in [0.15, 0.2) is 109 Å². The summed E-state index contributed by atoms with van der Waals surface area (Å²) in [6.45, 7) is 12.1. The number of fused-ring (bicyclic) bond motifs is 7. The standard InChI is InChI=1S/C90H132O9/c1-3-5-23-29-73-33-39-77(40-34-73)79-43-49-83(50-44-79)96-57-27-21-17-13-9-7-11-15-19-25-31-75-37-53-85-81(71-75)47-55-87-89(85)90-86-54-38-76(72-82(86)48-56-88(90)99-70-68-95-66-64-93-62-60-91-59-61-92-63-65-94-67-69-98-87)32-26-20-16-12-8-10-14-18-22-28-58-97-84-51-45-80(46-52-84)78-41-35-74(36-42-78)30-24-6-4-2/h37-38,43-56,71-74,77-78H,3-36,39-42,57-70H2,1-2H3. The first-order valence-corrected chi connectivity index (χ1v) is 40.8. The van der Waals surface area contributed by atoms with Gasteiger partial charge in [0.15, 0.2) is 0 Å². The summed E-state index contributed by atoms with van der Waals surface area (Å²) in [6, 6.07) is 41.2. The lowest BCUT2D eigenvalue weighted by atomic mass is 9.77. The maximum absolute atomic E-state index is 6.75. The molecule has 0 amide bonds. The van der Waals surface area contributed by atoms with E-state index in [1.165, 1.54) is 251 Å². The van der Waals surface area contributed by atoms with Crippen LogP contribution >= 0.6 is 0 Å². The van der Waals surface area contributed by atoms with Gasteiger partial charge in [-0.2, -0.15) is 0 Å². The molecule has 9 rings (SSSR count). The van der Waals surface area contributed by atoms with Crippen LogP contribution in [0.1, 0.15) is 279 Å². The first-order valence-electron chi connectivity index (χ1n) is 40.8. The van der Waals surface area contributed by atoms with Gasteiger partial charge in [0, 0.05) is 11.1 Å². The van der Waals surface area contributed by atoms with Gasteiger partial charge in [-0.05, 0) is 194 Å². The minimum Gasteiger partial charge on any atom is -0.494 e. The molecule has 0 N–H and O–H groups in total. The zero-order chi connectivity index (χ0) is 68.3. The van der Waals surface area contributed by atoms with Gasteiger partial charge in [-0.1, -0.05) is 241 Å². The Balaban J connectivity index is 0.703. The molecule has 9 nitrogen and oxygen atoms in total. The number of benzene rings is 6. The Bertz CT molecular complexity index is 2850. The smallest absolute Gasteiger partial charge is 0.128 e. The van der Waals surface area contributed by atoms with Crippen molar-refractivity contribution in [2.75, 3.05) is 92.5 Å². The van der Waals surface area contributed by atoms with Crippen molar-refractivity contribution in [2.24, 2.45) is 11.8 Å². The summed E-state index contributed by atoms with van der Waals surface area (Å²) in [5.74, 6) is 7.12. The third kappa shape index (κ3) is 28.9. The second-order valence-electron chi connectivity index (χ2n) is 29.6. The summed E-state index contributed by atoms with van der Waals surface area (Å²) in [5.41, 5.74) is 7.92. The third-order valence-corrected chi connectivity index (χ3v) is 21.9. The minimum absolute atomic E-state index is 0.412. The zero-order valence-electron chi connectivity index (χ0n) is 62.1. The normalized spacial score (nSPS) is 18.8. The second kappa shape index (κ2) is 47.9. The van der Waals surface area contributed by atoms with E-state index in [2.05, 4.69) is 123 Å². The highest BCUT2D eigenvalue weighted by atomic mass is 16.6. The average molecular weight is 1360 g/mol. The molecule has 99 heavy (non-hydrogen) atoms. The van der Waals surface area contributed by atoms with Gasteiger partial charge < -0.3 is 42.6 Å². The Morgan fingerprint density at radius 2 is 0.626 bits per heavy atom. The highest BCUT2D eigenvalue weighted by Crippen LogP contribution is 2.47. The van der Waals surface area contributed by atoms with Crippen LogP contribution in [0.3, 0.4) is 0 Å². The topological polar surface area (TPSA) is 83.1 Å². The molecule has 1 heterocycles. The quantitative estimate of drug-likeness (QED) is 0.0352. The van der Waals surface area contributed by atoms with Crippen LogP contribution in [0.25, 0.3) is 32.7 Å². The summed E-state index contributed by atoms with van der Waals surface area (Å²) in [5, 5.41) is 4.75. The molecule has 9 heteroatoms. The Labute approximate surface area is 600 Å². The van der Waals surface area contributed by atoms with Gasteiger partial charge in [-0.25, -0.2) is 0 Å². The highest BCUT2D eigenvalue weighted by molar-refractivity contribution is 6.10. The van der Waals surface area contributed by atoms with Gasteiger partial charge in [-0.15, -0.1) is 0 Å². The van der Waals surface area contributed by atoms with E-state index < -0.39 is 0 Å². The molecule has 0 radical (unpaired) electrons. The SMILES string of the molecule is CCCCCC1CCC(c2ccc(OCCCCCCCCCCCCc3ccc4c5c(ccc4c3)OCCOCCOCCOCCOCCOCCOc3ccc4cc(CCCCCCCCCCCCOc6ccc(C7CCC(CCCCC)CC7)cc6)ccc4c3-5)cc2)CC1. The van der Waals surface area contributed by atoms with Gasteiger partial charge >= 0.3 is 0 Å². The van der Waals surface area contributed by atoms with Gasteiger partial charge in [0.2, 0.25) is 0 Å². The Kier molecular flexibility index (Phi) is 37.7. The van der Waals surface area contributed by atoms with E-state index in [1.54, 1.807) is 0 Å². The molecule has 2 aliphatic carbocycles. The predicted molar refractivity (Wildman–Crippen MR) is 413 cm³/mol. The van der Waals surface area contributed by atoms with Crippen molar-refractivity contribution in [1.29, 1.82) is 0 Å². The van der Waals surface area contributed by atoms with Crippen molar-refractivity contribution in [1.82, 2.24) is 0 Å². The van der Waals surface area contributed by atoms with Crippen LogP contribution in [0, 0.1) is 11.8 Å². The zero-order valence-corrected chi connectivity index (χ0v) is 62.1. The van der Waals surface area contributed by atoms with Crippen LogP contribution < -0.4 is 18.9 Å². The molecule has 0 saturated heterocycles. The molecule has 0 bridgehead atoms. The van der Waals surface area contributed by atoms with Crippen molar-refractivity contribution < 1.29 is 42.6 Å². The average Bonchev–Trinajstić information content (AvgIpc) is 0.751. The van der Waals surface area contributed by atoms with E-state index in [-0.39, 0.29) is 0 Å². The third-order valence-electron chi connectivity index (χ3n) is 21.9. The lowest BCUT2D eigenvalue weighted by Gasteiger charge is -2.29. The maximum Gasteiger partial charge on any atom is 0.128 e. The van der Waals surface area contributed by atoms with E-state index >= 15 is 0 Å². The van der Waals surface area contributed by atoms with Gasteiger partial charge in [0.25, 0.3) is 0 Å². The summed E-state index contributed by atoms with van der Waals surface area (Å²) < 4.78 is 55.1. The first-order chi connectivity index (χ1) is 49.1. The summed E-state index contributed by atoms with van der Waals surface area (Å²) in [7, 11) is 0. The predicted octanol–water partition coefficient (Wildman–Crippen LogP) is 24.3. The van der Waals surface area contributed by atoms with Gasteiger partial charge in [0.1, 0.15) is 36.2 Å². The molecule has 6 aromatic carbocycles. The molecule has 2 saturated carbocycles. The Hall–Kier alpha value is -5.16. The fraction of sp³-hybridized carbons (Fsp3) is 0.644. The molecule has 0 unspecified atom stereocenters. The maximum atomic E-state index is 6.75. The molecule has 6 aromatic rings. The lowest BCUT2D eigenvalue weighted by Crippen LogP contribution is -2.15. The van der Waals surface area contributed by atoms with Crippen molar-refractivity contribution in [3.8, 4) is 34.1 Å². The van der Waals surface area contributed by atoms with Crippen molar-refractivity contribution in [3.63, 3.8) is 0 Å². The molecule has 546 valence electrons. The number of unbranched alkanes of at least 4 members (excludes halogenated alkanes) is 22. The van der Waals surface area contributed by atoms with E-state index in [9.17, 15) is 0 Å². The number of aryl methyl sites for hydroxylation is 2. The van der Waals surface area contributed by atoms with Crippen LogP contribution in [0.2, 0.25) is 0 Å². The molecule has 0 atom stereocenters. The van der Waals surface area contributed by atoms with E-state index in [4.69, 9.17) is 42.6 Å². The molecule has 0 aromatic heterocycles.